The SMILES string of the molecule is CCc1c(C)nc(SCC(=O)Nc2ccc(C(=O)O)cc2)[nH]c1=O. The number of benzene rings is 1. The van der Waals surface area contributed by atoms with E-state index in [1.54, 1.807) is 6.92 Å². The van der Waals surface area contributed by atoms with Gasteiger partial charge in [0.25, 0.3) is 5.56 Å². The van der Waals surface area contributed by atoms with E-state index in [1.165, 1.54) is 24.3 Å². The molecule has 2 rings (SSSR count). The van der Waals surface area contributed by atoms with Crippen LogP contribution in [0.3, 0.4) is 0 Å². The van der Waals surface area contributed by atoms with Crippen molar-refractivity contribution >= 4 is 29.3 Å². The minimum atomic E-state index is -1.02. The highest BCUT2D eigenvalue weighted by Crippen LogP contribution is 2.14. The molecule has 8 heteroatoms. The van der Waals surface area contributed by atoms with Gasteiger partial charge < -0.3 is 15.4 Å². The third kappa shape index (κ3) is 4.45. The Balaban J connectivity index is 1.96. The van der Waals surface area contributed by atoms with E-state index < -0.39 is 5.97 Å². The van der Waals surface area contributed by atoms with Crippen LogP contribution in [0, 0.1) is 6.92 Å². The maximum Gasteiger partial charge on any atom is 0.335 e. The van der Waals surface area contributed by atoms with Gasteiger partial charge in [0.05, 0.1) is 11.3 Å². The van der Waals surface area contributed by atoms with Crippen molar-refractivity contribution in [2.45, 2.75) is 25.4 Å². The fourth-order valence-electron chi connectivity index (χ4n) is 2.10. The third-order valence-corrected chi connectivity index (χ3v) is 4.18. The zero-order valence-corrected chi connectivity index (χ0v) is 14.1. The molecule has 0 spiro atoms. The molecule has 0 radical (unpaired) electrons. The van der Waals surface area contributed by atoms with E-state index in [4.69, 9.17) is 5.11 Å². The first kappa shape index (κ1) is 17.7. The van der Waals surface area contributed by atoms with Gasteiger partial charge in [0.1, 0.15) is 0 Å². The Hall–Kier alpha value is -2.61. The number of carboxylic acid groups (broad SMARTS) is 1. The number of thioether (sulfide) groups is 1. The number of aromatic amines is 1. The Bertz CT molecular complexity index is 815. The largest absolute Gasteiger partial charge is 0.478 e. The molecule has 0 fully saturated rings. The van der Waals surface area contributed by atoms with E-state index in [1.807, 2.05) is 6.92 Å². The van der Waals surface area contributed by atoms with Gasteiger partial charge >= 0.3 is 5.97 Å². The van der Waals surface area contributed by atoms with Crippen LogP contribution in [0.15, 0.2) is 34.2 Å². The lowest BCUT2D eigenvalue weighted by molar-refractivity contribution is -0.113. The summed E-state index contributed by atoms with van der Waals surface area (Å²) < 4.78 is 0. The highest BCUT2D eigenvalue weighted by molar-refractivity contribution is 7.99. The van der Waals surface area contributed by atoms with Crippen molar-refractivity contribution in [1.82, 2.24) is 9.97 Å². The number of amides is 1. The van der Waals surface area contributed by atoms with Crippen LogP contribution in [0.25, 0.3) is 0 Å². The number of carboxylic acids is 1. The predicted octanol–water partition coefficient (Wildman–Crippen LogP) is 2.07. The maximum atomic E-state index is 11.9. The fourth-order valence-corrected chi connectivity index (χ4v) is 2.80. The molecule has 0 saturated heterocycles. The molecule has 1 amide bonds. The van der Waals surface area contributed by atoms with Crippen LogP contribution in [0.2, 0.25) is 0 Å². The van der Waals surface area contributed by atoms with E-state index >= 15 is 0 Å². The molecule has 0 saturated carbocycles. The highest BCUT2D eigenvalue weighted by Gasteiger charge is 2.09. The van der Waals surface area contributed by atoms with Crippen LogP contribution in [-0.4, -0.2) is 32.7 Å². The van der Waals surface area contributed by atoms with Crippen molar-refractivity contribution in [1.29, 1.82) is 0 Å². The number of rotatable bonds is 6. The number of aryl methyl sites for hydroxylation is 1. The number of aromatic nitrogens is 2. The second kappa shape index (κ2) is 7.78. The molecule has 0 atom stereocenters. The van der Waals surface area contributed by atoms with Gasteiger partial charge in [-0.15, -0.1) is 0 Å². The van der Waals surface area contributed by atoms with E-state index in [0.29, 0.717) is 28.5 Å². The lowest BCUT2D eigenvalue weighted by atomic mass is 10.2. The average Bonchev–Trinajstić information content (AvgIpc) is 2.53. The summed E-state index contributed by atoms with van der Waals surface area (Å²) in [6.07, 6.45) is 0.603. The van der Waals surface area contributed by atoms with Crippen LogP contribution >= 0.6 is 11.8 Å². The summed E-state index contributed by atoms with van der Waals surface area (Å²) in [5, 5.41) is 11.9. The normalized spacial score (nSPS) is 10.4. The number of hydrogen-bond acceptors (Lipinski definition) is 5. The summed E-state index contributed by atoms with van der Waals surface area (Å²) in [6, 6.07) is 5.87. The number of anilines is 1. The molecule has 0 bridgehead atoms. The summed E-state index contributed by atoms with van der Waals surface area (Å²) in [6.45, 7) is 3.65. The van der Waals surface area contributed by atoms with Crippen molar-refractivity contribution in [3.8, 4) is 0 Å². The Morgan fingerprint density at radius 1 is 1.29 bits per heavy atom. The molecule has 24 heavy (non-hydrogen) atoms. The molecule has 7 nitrogen and oxygen atoms in total. The molecule has 0 aliphatic rings. The second-order valence-corrected chi connectivity index (χ2v) is 5.97. The maximum absolute atomic E-state index is 11.9. The number of H-pyrrole nitrogens is 1. The monoisotopic (exact) mass is 347 g/mol. The standard InChI is InChI=1S/C16H17N3O4S/c1-3-12-9(2)17-16(19-14(12)21)24-8-13(20)18-11-6-4-10(5-7-11)15(22)23/h4-7H,3,8H2,1-2H3,(H,18,20)(H,22,23)(H,17,19,21). The minimum Gasteiger partial charge on any atom is -0.478 e. The zero-order chi connectivity index (χ0) is 17.7. The van der Waals surface area contributed by atoms with E-state index in [-0.39, 0.29) is 22.8 Å². The van der Waals surface area contributed by atoms with Gasteiger partial charge in [0.2, 0.25) is 5.91 Å². The number of aromatic carboxylic acids is 1. The van der Waals surface area contributed by atoms with Crippen LogP contribution in [0.5, 0.6) is 0 Å². The highest BCUT2D eigenvalue weighted by atomic mass is 32.2. The minimum absolute atomic E-state index is 0.0779. The lowest BCUT2D eigenvalue weighted by Crippen LogP contribution is -2.18. The molecule has 2 aromatic rings. The molecule has 1 heterocycles. The summed E-state index contributed by atoms with van der Waals surface area (Å²) in [7, 11) is 0. The second-order valence-electron chi connectivity index (χ2n) is 5.01. The van der Waals surface area contributed by atoms with E-state index in [0.717, 1.165) is 11.8 Å². The Kier molecular flexibility index (Phi) is 5.75. The van der Waals surface area contributed by atoms with Gasteiger partial charge in [-0.3, -0.25) is 9.59 Å². The van der Waals surface area contributed by atoms with Crippen molar-refractivity contribution in [2.75, 3.05) is 11.1 Å². The first-order valence-corrected chi connectivity index (χ1v) is 8.25. The Morgan fingerprint density at radius 3 is 2.50 bits per heavy atom. The van der Waals surface area contributed by atoms with Crippen molar-refractivity contribution in [2.24, 2.45) is 0 Å². The molecule has 3 N–H and O–H groups in total. The first-order chi connectivity index (χ1) is 11.4. The molecule has 0 aliphatic carbocycles. The number of nitrogens with one attached hydrogen (secondary N) is 2. The molecule has 0 unspecified atom stereocenters. The number of nitrogens with zero attached hydrogens (tertiary/aromatic N) is 1. The Labute approximate surface area is 142 Å². The molecule has 0 aliphatic heterocycles. The van der Waals surface area contributed by atoms with Crippen molar-refractivity contribution < 1.29 is 14.7 Å². The first-order valence-electron chi connectivity index (χ1n) is 7.26. The van der Waals surface area contributed by atoms with Crippen LogP contribution in [0.1, 0.15) is 28.5 Å². The third-order valence-electron chi connectivity index (χ3n) is 3.31. The van der Waals surface area contributed by atoms with Gasteiger partial charge in [-0.2, -0.15) is 0 Å². The van der Waals surface area contributed by atoms with Crippen molar-refractivity contribution in [3.05, 3.63) is 51.4 Å². The summed E-state index contributed by atoms with van der Waals surface area (Å²) in [5.74, 6) is -1.22. The molecule has 126 valence electrons. The van der Waals surface area contributed by atoms with Gasteiger partial charge in [-0.25, -0.2) is 9.78 Å². The fraction of sp³-hybridized carbons (Fsp3) is 0.250. The molecule has 1 aromatic heterocycles. The summed E-state index contributed by atoms with van der Waals surface area (Å²) >= 11 is 1.13. The Morgan fingerprint density at radius 2 is 1.96 bits per heavy atom. The van der Waals surface area contributed by atoms with Gasteiger partial charge in [0, 0.05) is 16.9 Å². The van der Waals surface area contributed by atoms with Crippen LogP contribution in [0.4, 0.5) is 5.69 Å². The summed E-state index contributed by atoms with van der Waals surface area (Å²) in [4.78, 5) is 41.5. The number of carbonyl (C=O) groups excluding carboxylic acids is 1. The van der Waals surface area contributed by atoms with E-state index in [9.17, 15) is 14.4 Å². The summed E-state index contributed by atoms with van der Waals surface area (Å²) in [5.41, 5.74) is 1.77. The molecular weight excluding hydrogens is 330 g/mol. The lowest BCUT2D eigenvalue weighted by Gasteiger charge is -2.07. The quantitative estimate of drug-likeness (QED) is 0.545. The molecular formula is C16H17N3O4S. The molecule has 1 aromatic carbocycles. The van der Waals surface area contributed by atoms with Crippen LogP contribution < -0.4 is 10.9 Å². The van der Waals surface area contributed by atoms with Gasteiger partial charge in [0.15, 0.2) is 5.16 Å². The van der Waals surface area contributed by atoms with Crippen LogP contribution in [-0.2, 0) is 11.2 Å². The predicted molar refractivity (Wildman–Crippen MR) is 91.7 cm³/mol. The topological polar surface area (TPSA) is 112 Å². The number of hydrogen-bond donors (Lipinski definition) is 3. The van der Waals surface area contributed by atoms with Gasteiger partial charge in [-0.05, 0) is 37.6 Å². The average molecular weight is 347 g/mol. The van der Waals surface area contributed by atoms with Crippen molar-refractivity contribution in [3.63, 3.8) is 0 Å². The zero-order valence-electron chi connectivity index (χ0n) is 13.3. The van der Waals surface area contributed by atoms with E-state index in [2.05, 4.69) is 15.3 Å². The van der Waals surface area contributed by atoms with Gasteiger partial charge in [-0.1, -0.05) is 18.7 Å². The number of carbonyl (C=O) groups is 2. The smallest absolute Gasteiger partial charge is 0.335 e.